The maximum atomic E-state index is 10.3. The highest BCUT2D eigenvalue weighted by Gasteiger charge is 2.06. The molecule has 0 fully saturated rings. The summed E-state index contributed by atoms with van der Waals surface area (Å²) < 4.78 is 57.1. The highest BCUT2D eigenvalue weighted by Crippen LogP contribution is 2.01. The van der Waals surface area contributed by atoms with Crippen molar-refractivity contribution < 1.29 is 30.7 Å². The number of carbonyl (C=O) groups excluding carboxylic acids is 1. The molecule has 0 saturated carbocycles. The second kappa shape index (κ2) is 12.4. The molecule has 0 aliphatic carbocycles. The third kappa shape index (κ3) is 24.4. The maximum Gasteiger partial charge on any atom is 0.287 e. The molecular weight excluding hydrogens is 370 g/mol. The molecule has 0 aromatic heterocycles. The van der Waals surface area contributed by atoms with Crippen LogP contribution >= 0.6 is 0 Å². The Morgan fingerprint density at radius 3 is 1.84 bits per heavy atom. The SMILES string of the molecule is C=CC(N)=O.CC(C)CS(=O)(=O)O.O=S(=O)(O)C=Cc1ccccc1. The molecule has 0 aliphatic rings. The largest absolute Gasteiger partial charge is 0.366 e. The lowest BCUT2D eigenvalue weighted by atomic mass is 10.2. The maximum absolute atomic E-state index is 10.3. The van der Waals surface area contributed by atoms with Gasteiger partial charge in [0, 0.05) is 0 Å². The van der Waals surface area contributed by atoms with Crippen LogP contribution in [0.15, 0.2) is 48.4 Å². The number of amides is 1. The van der Waals surface area contributed by atoms with Gasteiger partial charge in [-0.25, -0.2) is 0 Å². The van der Waals surface area contributed by atoms with E-state index in [0.717, 1.165) is 17.0 Å². The lowest BCUT2D eigenvalue weighted by Crippen LogP contribution is -2.09. The fourth-order valence-electron chi connectivity index (χ4n) is 1.15. The minimum Gasteiger partial charge on any atom is -0.366 e. The summed E-state index contributed by atoms with van der Waals surface area (Å²) in [7, 11) is -7.73. The van der Waals surface area contributed by atoms with Crippen molar-refractivity contribution in [3.8, 4) is 0 Å². The van der Waals surface area contributed by atoms with Gasteiger partial charge in [0.15, 0.2) is 0 Å². The molecule has 0 heterocycles. The smallest absolute Gasteiger partial charge is 0.287 e. The van der Waals surface area contributed by atoms with Gasteiger partial charge < -0.3 is 5.73 Å². The minimum atomic E-state index is -4.00. The summed E-state index contributed by atoms with van der Waals surface area (Å²) in [4.78, 5) is 9.47. The van der Waals surface area contributed by atoms with E-state index in [1.54, 1.807) is 38.1 Å². The third-order valence-corrected chi connectivity index (χ3v) is 3.55. The molecule has 25 heavy (non-hydrogen) atoms. The highest BCUT2D eigenvalue weighted by atomic mass is 32.2. The lowest BCUT2D eigenvalue weighted by molar-refractivity contribution is -0.113. The Morgan fingerprint density at radius 1 is 1.16 bits per heavy atom. The summed E-state index contributed by atoms with van der Waals surface area (Å²) in [6.45, 7) is 6.55. The molecule has 1 aromatic carbocycles. The predicted octanol–water partition coefficient (Wildman–Crippen LogP) is 1.73. The van der Waals surface area contributed by atoms with Gasteiger partial charge in [0.25, 0.3) is 20.2 Å². The monoisotopic (exact) mass is 393 g/mol. The normalized spacial score (nSPS) is 11.1. The number of benzene rings is 1. The fourth-order valence-corrected chi connectivity index (χ4v) is 2.32. The molecule has 0 atom stereocenters. The number of hydrogen-bond donors (Lipinski definition) is 3. The fraction of sp³-hybridized carbons (Fsp3) is 0.267. The van der Waals surface area contributed by atoms with Gasteiger partial charge in [-0.05, 0) is 23.6 Å². The number of hydrogen-bond acceptors (Lipinski definition) is 5. The van der Waals surface area contributed by atoms with Crippen molar-refractivity contribution in [2.45, 2.75) is 13.8 Å². The van der Waals surface area contributed by atoms with Gasteiger partial charge in [0.05, 0.1) is 11.2 Å². The Balaban J connectivity index is 0. The molecule has 1 rings (SSSR count). The number of nitrogens with two attached hydrogens (primary N) is 1. The van der Waals surface area contributed by atoms with Gasteiger partial charge in [-0.15, -0.1) is 0 Å². The van der Waals surface area contributed by atoms with Crippen LogP contribution in [-0.4, -0.2) is 37.6 Å². The van der Waals surface area contributed by atoms with Crippen molar-refractivity contribution in [2.24, 2.45) is 11.7 Å². The Kier molecular flexibility index (Phi) is 12.5. The zero-order valence-corrected chi connectivity index (χ0v) is 15.6. The Bertz CT molecular complexity index is 752. The van der Waals surface area contributed by atoms with E-state index in [1.165, 1.54) is 6.08 Å². The molecule has 0 unspecified atom stereocenters. The van der Waals surface area contributed by atoms with Crippen LogP contribution in [0, 0.1) is 5.92 Å². The summed E-state index contributed by atoms with van der Waals surface area (Å²) in [6, 6.07) is 8.86. The van der Waals surface area contributed by atoms with Gasteiger partial charge >= 0.3 is 0 Å². The molecule has 0 saturated heterocycles. The van der Waals surface area contributed by atoms with Crippen LogP contribution in [0.5, 0.6) is 0 Å². The van der Waals surface area contributed by atoms with Crippen molar-refractivity contribution in [1.29, 1.82) is 0 Å². The molecule has 0 aliphatic heterocycles. The number of carbonyl (C=O) groups is 1. The van der Waals surface area contributed by atoms with E-state index < -0.39 is 26.1 Å². The van der Waals surface area contributed by atoms with E-state index in [-0.39, 0.29) is 11.7 Å². The van der Waals surface area contributed by atoms with E-state index in [0.29, 0.717) is 0 Å². The molecule has 8 nitrogen and oxygen atoms in total. The molecule has 0 bridgehead atoms. The average Bonchev–Trinajstić information content (AvgIpc) is 2.44. The molecule has 1 aromatic rings. The number of primary amides is 1. The van der Waals surface area contributed by atoms with Crippen molar-refractivity contribution in [2.75, 3.05) is 5.75 Å². The summed E-state index contributed by atoms with van der Waals surface area (Å²) >= 11 is 0. The summed E-state index contributed by atoms with van der Waals surface area (Å²) in [6.07, 6.45) is 2.38. The third-order valence-electron chi connectivity index (χ3n) is 1.98. The summed E-state index contributed by atoms with van der Waals surface area (Å²) in [5, 5.41) is 0.752. The van der Waals surface area contributed by atoms with Crippen LogP contribution in [-0.2, 0) is 25.0 Å². The number of rotatable bonds is 5. The van der Waals surface area contributed by atoms with Crippen molar-refractivity contribution >= 4 is 32.2 Å². The zero-order chi connectivity index (χ0) is 20.1. The standard InChI is InChI=1S/C8H8O3S.C4H10O3S.C3H5NO/c9-12(10,11)7-6-8-4-2-1-3-5-8;1-4(2)3-8(5,6)7;1-2-3(4)5/h1-7H,(H,9,10,11);4H,3H2,1-2H3,(H,5,6,7);2H,1H2,(H2,4,5). The molecule has 10 heteroatoms. The van der Waals surface area contributed by atoms with Crippen LogP contribution in [0.2, 0.25) is 0 Å². The van der Waals surface area contributed by atoms with E-state index in [9.17, 15) is 21.6 Å². The van der Waals surface area contributed by atoms with Gasteiger partial charge in [-0.2, -0.15) is 16.8 Å². The van der Waals surface area contributed by atoms with Crippen LogP contribution in [0.3, 0.4) is 0 Å². The van der Waals surface area contributed by atoms with Gasteiger partial charge in [0.2, 0.25) is 5.91 Å². The van der Waals surface area contributed by atoms with E-state index in [4.69, 9.17) is 9.11 Å². The van der Waals surface area contributed by atoms with Crippen LogP contribution < -0.4 is 5.73 Å². The summed E-state index contributed by atoms with van der Waals surface area (Å²) in [5.41, 5.74) is 5.27. The van der Waals surface area contributed by atoms with Crippen LogP contribution in [0.4, 0.5) is 0 Å². The molecule has 0 radical (unpaired) electrons. The minimum absolute atomic E-state index is 0.00463. The molecule has 1 amide bonds. The quantitative estimate of drug-likeness (QED) is 0.509. The Hall–Kier alpha value is -2.01. The lowest BCUT2D eigenvalue weighted by Gasteiger charge is -1.97. The van der Waals surface area contributed by atoms with Crippen LogP contribution in [0.25, 0.3) is 6.08 Å². The van der Waals surface area contributed by atoms with Gasteiger partial charge in [0.1, 0.15) is 0 Å². The molecule has 0 spiro atoms. The van der Waals surface area contributed by atoms with Gasteiger partial charge in [-0.1, -0.05) is 50.8 Å². The Morgan fingerprint density at radius 2 is 1.60 bits per heavy atom. The van der Waals surface area contributed by atoms with E-state index in [1.807, 2.05) is 6.07 Å². The van der Waals surface area contributed by atoms with Crippen molar-refractivity contribution in [3.05, 3.63) is 54.0 Å². The first-order valence-corrected chi connectivity index (χ1v) is 9.95. The average molecular weight is 393 g/mol. The molecular formula is C15H23NO7S2. The van der Waals surface area contributed by atoms with Gasteiger partial charge in [-0.3, -0.25) is 13.9 Å². The van der Waals surface area contributed by atoms with Crippen LogP contribution in [0.1, 0.15) is 19.4 Å². The topological polar surface area (TPSA) is 152 Å². The second-order valence-corrected chi connectivity index (χ2v) is 7.78. The summed E-state index contributed by atoms with van der Waals surface area (Å²) in [5.74, 6) is -0.623. The molecule has 4 N–H and O–H groups in total. The zero-order valence-electron chi connectivity index (χ0n) is 13.9. The van der Waals surface area contributed by atoms with E-state index in [2.05, 4.69) is 12.3 Å². The Labute approximate surface area is 148 Å². The highest BCUT2D eigenvalue weighted by molar-refractivity contribution is 7.88. The first-order chi connectivity index (χ1) is 11.3. The molecule has 142 valence electrons. The first kappa shape index (κ1) is 25.2. The van der Waals surface area contributed by atoms with E-state index >= 15 is 0 Å². The first-order valence-electron chi connectivity index (χ1n) is 6.84. The van der Waals surface area contributed by atoms with Crippen molar-refractivity contribution in [3.63, 3.8) is 0 Å². The van der Waals surface area contributed by atoms with Crippen molar-refractivity contribution in [1.82, 2.24) is 0 Å². The second-order valence-electron chi connectivity index (χ2n) is 4.98. The predicted molar refractivity (Wildman–Crippen MR) is 97.7 cm³/mol.